The monoisotopic (exact) mass is 287 g/mol. The molecule has 1 aromatic heterocycles. The van der Waals surface area contributed by atoms with Crippen LogP contribution in [0.5, 0.6) is 0 Å². The first-order valence-corrected chi connectivity index (χ1v) is 7.66. The van der Waals surface area contributed by atoms with E-state index in [9.17, 15) is 4.79 Å². The fraction of sp³-hybridized carbons (Fsp3) is 0.471. The van der Waals surface area contributed by atoms with Gasteiger partial charge in [0, 0.05) is 19.3 Å². The zero-order valence-electron chi connectivity index (χ0n) is 13.1. The second-order valence-electron chi connectivity index (χ2n) is 5.78. The first-order chi connectivity index (χ1) is 10.1. The van der Waals surface area contributed by atoms with Crippen molar-refractivity contribution in [3.63, 3.8) is 0 Å². The zero-order chi connectivity index (χ0) is 15.2. The number of nitrogens with one attached hydrogen (secondary N) is 2. The highest BCUT2D eigenvalue weighted by Gasteiger charge is 2.09. The van der Waals surface area contributed by atoms with Gasteiger partial charge in [0.15, 0.2) is 0 Å². The number of rotatable bonds is 7. The lowest BCUT2D eigenvalue weighted by Crippen LogP contribution is -2.27. The molecule has 0 spiro atoms. The van der Waals surface area contributed by atoms with Crippen molar-refractivity contribution >= 4 is 16.8 Å². The third-order valence-corrected chi connectivity index (χ3v) is 3.43. The van der Waals surface area contributed by atoms with E-state index >= 15 is 0 Å². The van der Waals surface area contributed by atoms with E-state index in [-0.39, 0.29) is 5.91 Å². The fourth-order valence-corrected chi connectivity index (χ4v) is 2.52. The molecule has 2 N–H and O–H groups in total. The second-order valence-corrected chi connectivity index (χ2v) is 5.78. The van der Waals surface area contributed by atoms with Crippen molar-refractivity contribution in [3.8, 4) is 0 Å². The Morgan fingerprint density at radius 1 is 1.29 bits per heavy atom. The molecule has 0 aliphatic heterocycles. The van der Waals surface area contributed by atoms with Gasteiger partial charge in [-0.15, -0.1) is 0 Å². The molecule has 0 radical (unpaired) electrons. The summed E-state index contributed by atoms with van der Waals surface area (Å²) in [7, 11) is 0. The normalized spacial score (nSPS) is 11.2. The van der Waals surface area contributed by atoms with E-state index < -0.39 is 0 Å². The largest absolute Gasteiger partial charge is 0.355 e. The van der Waals surface area contributed by atoms with Crippen molar-refractivity contribution in [3.05, 3.63) is 36.0 Å². The number of amides is 1. The van der Waals surface area contributed by atoms with Gasteiger partial charge in [-0.2, -0.15) is 0 Å². The van der Waals surface area contributed by atoms with Gasteiger partial charge in [-0.25, -0.2) is 0 Å². The smallest absolute Gasteiger partial charge is 0.239 e. The molecule has 0 saturated carbocycles. The Morgan fingerprint density at radius 3 is 2.81 bits per heavy atom. The van der Waals surface area contributed by atoms with Crippen molar-refractivity contribution in [1.82, 2.24) is 15.2 Å². The first kappa shape index (κ1) is 15.6. The van der Waals surface area contributed by atoms with Crippen LogP contribution >= 0.6 is 0 Å². The maximum absolute atomic E-state index is 11.8. The predicted octanol–water partition coefficient (Wildman–Crippen LogP) is 2.52. The summed E-state index contributed by atoms with van der Waals surface area (Å²) in [6, 6.07) is 8.37. The van der Waals surface area contributed by atoms with Gasteiger partial charge in [-0.1, -0.05) is 32.0 Å². The van der Waals surface area contributed by atoms with Crippen molar-refractivity contribution in [2.45, 2.75) is 33.9 Å². The molecule has 2 rings (SSSR count). The highest BCUT2D eigenvalue weighted by molar-refractivity contribution is 5.85. The average Bonchev–Trinajstić information content (AvgIpc) is 2.83. The molecule has 114 valence electrons. The minimum Gasteiger partial charge on any atom is -0.355 e. The number of carbonyl (C=O) groups excluding carboxylic acids is 1. The number of aromatic nitrogens is 1. The summed E-state index contributed by atoms with van der Waals surface area (Å²) in [5.74, 6) is 0.686. The Morgan fingerprint density at radius 2 is 2.10 bits per heavy atom. The Bertz CT molecular complexity index is 601. The first-order valence-electron chi connectivity index (χ1n) is 7.66. The van der Waals surface area contributed by atoms with Crippen LogP contribution in [-0.2, 0) is 17.9 Å². The van der Waals surface area contributed by atoms with E-state index in [0.29, 0.717) is 19.0 Å². The molecule has 1 heterocycles. The van der Waals surface area contributed by atoms with Gasteiger partial charge in [0.05, 0.1) is 5.52 Å². The van der Waals surface area contributed by atoms with Gasteiger partial charge >= 0.3 is 0 Å². The Kier molecular flexibility index (Phi) is 5.39. The highest BCUT2D eigenvalue weighted by atomic mass is 16.1. The van der Waals surface area contributed by atoms with Crippen LogP contribution in [0, 0.1) is 5.92 Å². The number of hydrogen-bond acceptors (Lipinski definition) is 2. The third-order valence-electron chi connectivity index (χ3n) is 3.43. The van der Waals surface area contributed by atoms with Crippen LogP contribution in [0.2, 0.25) is 0 Å². The number of benzene rings is 1. The van der Waals surface area contributed by atoms with Gasteiger partial charge < -0.3 is 15.2 Å². The molecular formula is C17H25N3O. The third kappa shape index (κ3) is 4.08. The predicted molar refractivity (Wildman–Crippen MR) is 87.2 cm³/mol. The maximum atomic E-state index is 11.8. The van der Waals surface area contributed by atoms with Crippen LogP contribution < -0.4 is 10.6 Å². The van der Waals surface area contributed by atoms with Gasteiger partial charge in [-0.05, 0) is 36.4 Å². The lowest BCUT2D eigenvalue weighted by atomic mass is 10.1. The summed E-state index contributed by atoms with van der Waals surface area (Å²) in [6.07, 6.45) is 1.99. The van der Waals surface area contributed by atoms with Gasteiger partial charge in [0.1, 0.15) is 6.54 Å². The van der Waals surface area contributed by atoms with Gasteiger partial charge in [0.2, 0.25) is 5.91 Å². The molecule has 0 unspecified atom stereocenters. The van der Waals surface area contributed by atoms with Crippen LogP contribution in [0.4, 0.5) is 0 Å². The molecule has 4 heteroatoms. The standard InChI is InChI=1S/C17H25N3O/c1-4-19-16(21)12-20-9-8-14-6-5-7-15(17(14)20)11-18-10-13(2)3/h5-9,13,18H,4,10-12H2,1-3H3,(H,19,21). The maximum Gasteiger partial charge on any atom is 0.239 e. The quantitative estimate of drug-likeness (QED) is 0.822. The van der Waals surface area contributed by atoms with Crippen LogP contribution in [0.25, 0.3) is 10.9 Å². The Hall–Kier alpha value is -1.81. The molecule has 0 aliphatic rings. The highest BCUT2D eigenvalue weighted by Crippen LogP contribution is 2.20. The van der Waals surface area contributed by atoms with Crippen molar-refractivity contribution in [2.24, 2.45) is 5.92 Å². The van der Waals surface area contributed by atoms with E-state index in [0.717, 1.165) is 18.6 Å². The zero-order valence-corrected chi connectivity index (χ0v) is 13.1. The Labute approximate surface area is 126 Å². The summed E-state index contributed by atoms with van der Waals surface area (Å²) in [4.78, 5) is 11.8. The second kappa shape index (κ2) is 7.27. The van der Waals surface area contributed by atoms with E-state index in [1.807, 2.05) is 17.7 Å². The number of para-hydroxylation sites is 1. The molecule has 4 nitrogen and oxygen atoms in total. The van der Waals surface area contributed by atoms with Crippen LogP contribution in [0.3, 0.4) is 0 Å². The fourth-order valence-electron chi connectivity index (χ4n) is 2.52. The SMILES string of the molecule is CCNC(=O)Cn1ccc2cccc(CNCC(C)C)c21. The van der Waals surface area contributed by atoms with E-state index in [1.165, 1.54) is 10.9 Å². The van der Waals surface area contributed by atoms with Crippen molar-refractivity contribution in [1.29, 1.82) is 0 Å². The summed E-state index contributed by atoms with van der Waals surface area (Å²) in [5, 5.41) is 7.51. The summed E-state index contributed by atoms with van der Waals surface area (Å²) in [5.41, 5.74) is 2.39. The molecule has 0 saturated heterocycles. The van der Waals surface area contributed by atoms with Gasteiger partial charge in [-0.3, -0.25) is 4.79 Å². The molecule has 21 heavy (non-hydrogen) atoms. The van der Waals surface area contributed by atoms with Crippen molar-refractivity contribution in [2.75, 3.05) is 13.1 Å². The number of likely N-dealkylation sites (N-methyl/N-ethyl adjacent to an activating group) is 1. The lowest BCUT2D eigenvalue weighted by molar-refractivity contribution is -0.121. The summed E-state index contributed by atoms with van der Waals surface area (Å²) in [6.45, 7) is 9.20. The lowest BCUT2D eigenvalue weighted by Gasteiger charge is -2.12. The molecule has 1 amide bonds. The van der Waals surface area contributed by atoms with Crippen molar-refractivity contribution < 1.29 is 4.79 Å². The number of nitrogens with zero attached hydrogens (tertiary/aromatic N) is 1. The number of fused-ring (bicyclic) bond motifs is 1. The summed E-state index contributed by atoms with van der Waals surface area (Å²) >= 11 is 0. The van der Waals surface area contributed by atoms with E-state index in [4.69, 9.17) is 0 Å². The molecule has 0 aliphatic carbocycles. The molecule has 1 aromatic carbocycles. The summed E-state index contributed by atoms with van der Waals surface area (Å²) < 4.78 is 2.03. The molecule has 0 bridgehead atoms. The molecule has 2 aromatic rings. The topological polar surface area (TPSA) is 46.1 Å². The van der Waals surface area contributed by atoms with Crippen LogP contribution in [0.1, 0.15) is 26.3 Å². The Balaban J connectivity index is 2.20. The van der Waals surface area contributed by atoms with Crippen LogP contribution in [0.15, 0.2) is 30.5 Å². The molecule has 0 atom stereocenters. The van der Waals surface area contributed by atoms with Crippen LogP contribution in [-0.4, -0.2) is 23.6 Å². The molecule has 0 fully saturated rings. The minimum atomic E-state index is 0.0555. The molecular weight excluding hydrogens is 262 g/mol. The van der Waals surface area contributed by atoms with Gasteiger partial charge in [0.25, 0.3) is 0 Å². The minimum absolute atomic E-state index is 0.0555. The average molecular weight is 287 g/mol. The van der Waals surface area contributed by atoms with E-state index in [1.54, 1.807) is 0 Å². The number of hydrogen-bond donors (Lipinski definition) is 2. The van der Waals surface area contributed by atoms with E-state index in [2.05, 4.69) is 48.7 Å². The number of carbonyl (C=O) groups is 1.